The number of carbonyl (C=O) groups is 2. The zero-order chi connectivity index (χ0) is 19.3. The standard InChI is InChI=1S/C21H32N4O2S/c26-20(17-23-9-5-18(6-10-23)16-22-7-1-2-8-22)24-11-13-25(14-12-24)21(27)19-4-3-15-28-19/h3-4,15,18H,1-2,5-14,16-17H2. The van der Waals surface area contributed by atoms with Gasteiger partial charge in [-0.1, -0.05) is 6.07 Å². The second-order valence-corrected chi connectivity index (χ2v) is 9.33. The monoisotopic (exact) mass is 404 g/mol. The summed E-state index contributed by atoms with van der Waals surface area (Å²) in [5, 5.41) is 1.93. The van der Waals surface area contributed by atoms with Gasteiger partial charge in [0.05, 0.1) is 11.4 Å². The second kappa shape index (κ2) is 9.37. The van der Waals surface area contributed by atoms with Gasteiger partial charge in [-0.25, -0.2) is 0 Å². The smallest absolute Gasteiger partial charge is 0.264 e. The molecule has 3 aliphatic rings. The average Bonchev–Trinajstić information content (AvgIpc) is 3.43. The molecule has 28 heavy (non-hydrogen) atoms. The lowest BCUT2D eigenvalue weighted by atomic mass is 9.96. The molecule has 1 aromatic heterocycles. The predicted octanol–water partition coefficient (Wildman–Crippen LogP) is 1.84. The van der Waals surface area contributed by atoms with Crippen molar-refractivity contribution in [2.45, 2.75) is 25.7 Å². The van der Waals surface area contributed by atoms with Gasteiger partial charge in [-0.2, -0.15) is 0 Å². The maximum atomic E-state index is 12.7. The molecule has 4 heterocycles. The Morgan fingerprint density at radius 2 is 1.57 bits per heavy atom. The van der Waals surface area contributed by atoms with E-state index in [1.54, 1.807) is 0 Å². The number of hydrogen-bond donors (Lipinski definition) is 0. The van der Waals surface area contributed by atoms with Gasteiger partial charge in [0, 0.05) is 32.7 Å². The van der Waals surface area contributed by atoms with Gasteiger partial charge in [0.2, 0.25) is 5.91 Å². The first-order valence-electron chi connectivity index (χ1n) is 10.7. The summed E-state index contributed by atoms with van der Waals surface area (Å²) in [5.74, 6) is 1.12. The van der Waals surface area contributed by atoms with Crippen molar-refractivity contribution in [2.75, 3.05) is 65.4 Å². The normalized spacial score (nSPS) is 22.7. The minimum atomic E-state index is 0.0992. The Hall–Kier alpha value is -1.44. The van der Waals surface area contributed by atoms with Crippen molar-refractivity contribution in [1.29, 1.82) is 0 Å². The Balaban J connectivity index is 1.16. The molecule has 0 bridgehead atoms. The van der Waals surface area contributed by atoms with Crippen LogP contribution in [0.2, 0.25) is 0 Å². The van der Waals surface area contributed by atoms with Crippen LogP contribution in [0.25, 0.3) is 0 Å². The molecule has 0 N–H and O–H groups in total. The van der Waals surface area contributed by atoms with Crippen molar-refractivity contribution in [2.24, 2.45) is 5.92 Å². The van der Waals surface area contributed by atoms with E-state index in [0.717, 1.165) is 23.9 Å². The highest BCUT2D eigenvalue weighted by Crippen LogP contribution is 2.21. The molecular formula is C21H32N4O2S. The Morgan fingerprint density at radius 1 is 0.893 bits per heavy atom. The first kappa shape index (κ1) is 19.9. The van der Waals surface area contributed by atoms with Crippen LogP contribution in [-0.2, 0) is 4.79 Å². The zero-order valence-electron chi connectivity index (χ0n) is 16.7. The fourth-order valence-electron chi connectivity index (χ4n) is 4.66. The van der Waals surface area contributed by atoms with Crippen LogP contribution in [0, 0.1) is 5.92 Å². The van der Waals surface area contributed by atoms with Gasteiger partial charge in [0.1, 0.15) is 0 Å². The van der Waals surface area contributed by atoms with Crippen molar-refractivity contribution in [1.82, 2.24) is 19.6 Å². The Bertz CT molecular complexity index is 643. The number of rotatable bonds is 5. The molecule has 0 unspecified atom stereocenters. The fraction of sp³-hybridized carbons (Fsp3) is 0.714. The summed E-state index contributed by atoms with van der Waals surface area (Å²) in [6, 6.07) is 3.78. The van der Waals surface area contributed by atoms with Gasteiger partial charge in [-0.05, 0) is 69.2 Å². The van der Waals surface area contributed by atoms with Gasteiger partial charge in [-0.15, -0.1) is 11.3 Å². The molecule has 1 aromatic rings. The van der Waals surface area contributed by atoms with Gasteiger partial charge in [0.15, 0.2) is 0 Å². The number of piperazine rings is 1. The summed E-state index contributed by atoms with van der Waals surface area (Å²) in [6.07, 6.45) is 5.15. The van der Waals surface area contributed by atoms with E-state index < -0.39 is 0 Å². The summed E-state index contributed by atoms with van der Waals surface area (Å²) in [7, 11) is 0. The lowest BCUT2D eigenvalue weighted by Crippen LogP contribution is -2.53. The van der Waals surface area contributed by atoms with Crippen LogP contribution in [-0.4, -0.2) is 96.9 Å². The minimum Gasteiger partial charge on any atom is -0.338 e. The third-order valence-corrected chi connectivity index (χ3v) is 7.29. The third kappa shape index (κ3) is 4.93. The number of piperidine rings is 1. The van der Waals surface area contributed by atoms with Crippen LogP contribution in [0.3, 0.4) is 0 Å². The minimum absolute atomic E-state index is 0.0992. The highest BCUT2D eigenvalue weighted by Gasteiger charge is 2.28. The largest absolute Gasteiger partial charge is 0.338 e. The van der Waals surface area contributed by atoms with E-state index in [9.17, 15) is 9.59 Å². The number of hydrogen-bond acceptors (Lipinski definition) is 5. The molecule has 4 rings (SSSR count). The fourth-order valence-corrected chi connectivity index (χ4v) is 5.35. The molecule has 0 spiro atoms. The van der Waals surface area contributed by atoms with E-state index in [0.29, 0.717) is 32.7 Å². The molecule has 6 nitrogen and oxygen atoms in total. The molecule has 0 aliphatic carbocycles. The quantitative estimate of drug-likeness (QED) is 0.751. The summed E-state index contributed by atoms with van der Waals surface area (Å²) >= 11 is 1.48. The van der Waals surface area contributed by atoms with Crippen molar-refractivity contribution in [3.63, 3.8) is 0 Å². The molecule has 0 atom stereocenters. The lowest BCUT2D eigenvalue weighted by Gasteiger charge is -2.37. The van der Waals surface area contributed by atoms with E-state index in [1.807, 2.05) is 27.3 Å². The number of amides is 2. The maximum absolute atomic E-state index is 12.7. The second-order valence-electron chi connectivity index (χ2n) is 8.38. The summed E-state index contributed by atoms with van der Waals surface area (Å²) in [6.45, 7) is 9.02. The molecule has 2 amide bonds. The highest BCUT2D eigenvalue weighted by atomic mass is 32.1. The summed E-state index contributed by atoms with van der Waals surface area (Å²) in [5.41, 5.74) is 0. The van der Waals surface area contributed by atoms with E-state index in [4.69, 9.17) is 0 Å². The van der Waals surface area contributed by atoms with Crippen molar-refractivity contribution < 1.29 is 9.59 Å². The molecule has 7 heteroatoms. The molecule has 0 radical (unpaired) electrons. The molecule has 0 aromatic carbocycles. The summed E-state index contributed by atoms with van der Waals surface area (Å²) < 4.78 is 0. The Kier molecular flexibility index (Phi) is 6.65. The number of thiophene rings is 1. The van der Waals surface area contributed by atoms with Gasteiger partial charge in [0.25, 0.3) is 5.91 Å². The topological polar surface area (TPSA) is 47.1 Å². The number of nitrogens with zero attached hydrogens (tertiary/aromatic N) is 4. The van der Waals surface area contributed by atoms with Crippen LogP contribution >= 0.6 is 11.3 Å². The van der Waals surface area contributed by atoms with Crippen LogP contribution in [0.5, 0.6) is 0 Å². The molecular weight excluding hydrogens is 372 g/mol. The third-order valence-electron chi connectivity index (χ3n) is 6.43. The summed E-state index contributed by atoms with van der Waals surface area (Å²) in [4.78, 5) is 34.7. The van der Waals surface area contributed by atoms with E-state index in [1.165, 1.54) is 56.7 Å². The predicted molar refractivity (Wildman–Crippen MR) is 112 cm³/mol. The van der Waals surface area contributed by atoms with Gasteiger partial charge >= 0.3 is 0 Å². The first-order valence-corrected chi connectivity index (χ1v) is 11.6. The molecule has 154 valence electrons. The van der Waals surface area contributed by atoms with Crippen LogP contribution < -0.4 is 0 Å². The van der Waals surface area contributed by atoms with E-state index in [-0.39, 0.29) is 11.8 Å². The highest BCUT2D eigenvalue weighted by molar-refractivity contribution is 7.12. The lowest BCUT2D eigenvalue weighted by molar-refractivity contribution is -0.134. The van der Waals surface area contributed by atoms with E-state index in [2.05, 4.69) is 9.80 Å². The van der Waals surface area contributed by atoms with Crippen LogP contribution in [0.15, 0.2) is 17.5 Å². The number of carbonyl (C=O) groups excluding carboxylic acids is 2. The Labute approximate surface area is 172 Å². The average molecular weight is 405 g/mol. The number of likely N-dealkylation sites (tertiary alicyclic amines) is 2. The molecule has 3 fully saturated rings. The maximum Gasteiger partial charge on any atom is 0.264 e. The molecule has 3 aliphatic heterocycles. The van der Waals surface area contributed by atoms with Crippen molar-refractivity contribution in [3.05, 3.63) is 22.4 Å². The molecule has 3 saturated heterocycles. The van der Waals surface area contributed by atoms with Crippen LogP contribution in [0.4, 0.5) is 0 Å². The Morgan fingerprint density at radius 3 is 2.21 bits per heavy atom. The first-order chi connectivity index (χ1) is 13.7. The van der Waals surface area contributed by atoms with Crippen molar-refractivity contribution >= 4 is 23.2 Å². The van der Waals surface area contributed by atoms with Crippen molar-refractivity contribution in [3.8, 4) is 0 Å². The SMILES string of the molecule is O=C(CN1CCC(CN2CCCC2)CC1)N1CCN(C(=O)c2cccs2)CC1. The van der Waals surface area contributed by atoms with Gasteiger partial charge < -0.3 is 14.7 Å². The zero-order valence-corrected chi connectivity index (χ0v) is 17.5. The molecule has 0 saturated carbocycles. The van der Waals surface area contributed by atoms with Crippen LogP contribution in [0.1, 0.15) is 35.4 Å². The van der Waals surface area contributed by atoms with E-state index >= 15 is 0 Å². The van der Waals surface area contributed by atoms with Gasteiger partial charge in [-0.3, -0.25) is 14.5 Å².